The number of para-hydroxylation sites is 2. The normalized spacial score (nSPS) is 18.7. The van der Waals surface area contributed by atoms with Gasteiger partial charge in [-0.05, 0) is 12.1 Å². The molecule has 0 aliphatic carbocycles. The molecule has 24 atom stereocenters. The predicted octanol–water partition coefficient (Wildman–Crippen LogP) is -33.9. The first-order valence-corrected chi connectivity index (χ1v) is 23.0. The van der Waals surface area contributed by atoms with Gasteiger partial charge in [0.1, 0.15) is 146 Å². The molecule has 44 nitrogen and oxygen atoms in total. The summed E-state index contributed by atoms with van der Waals surface area (Å²) in [6, 6.07) is 6.15. The maximum Gasteiger partial charge on any atom is 4.00 e. The Morgan fingerprint density at radius 2 is 0.371 bits per heavy atom. The summed E-state index contributed by atoms with van der Waals surface area (Å²) in [6.45, 7) is -5.18. The first-order valence-electron chi connectivity index (χ1n) is 23.0. The molecule has 0 amide bonds. The molecule has 0 saturated carbocycles. The summed E-state index contributed by atoms with van der Waals surface area (Å²) in [4.78, 5) is 59.9. The Hall–Kier alpha value is -2.21. The van der Waals surface area contributed by atoms with Crippen molar-refractivity contribution in [3.63, 3.8) is 0 Å². The van der Waals surface area contributed by atoms with E-state index in [1.807, 2.05) is 0 Å². The molecule has 0 aliphatic rings. The number of carbonyl (C=O) groups is 6. The van der Waals surface area contributed by atoms with Crippen LogP contribution in [0.5, 0.6) is 11.5 Å². The molecule has 0 aliphatic heterocycles. The van der Waals surface area contributed by atoms with Crippen molar-refractivity contribution >= 4 is 35.8 Å². The van der Waals surface area contributed by atoms with Crippen molar-refractivity contribution in [2.75, 3.05) is 39.6 Å². The van der Waals surface area contributed by atoms with Crippen LogP contribution in [0.4, 0.5) is 0 Å². The van der Waals surface area contributed by atoms with E-state index in [4.69, 9.17) is 163 Å². The Morgan fingerprint density at radius 1 is 0.270 bits per heavy atom. The molecule has 0 radical (unpaired) electrons. The van der Waals surface area contributed by atoms with Gasteiger partial charge in [-0.1, -0.05) is 12.1 Å². The van der Waals surface area contributed by atoms with E-state index in [0.29, 0.717) is 0 Å². The van der Waals surface area contributed by atoms with Crippen molar-refractivity contribution in [3.8, 4) is 11.5 Å². The zero-order chi connectivity index (χ0) is 69.5. The average molecular weight is 1390 g/mol. The summed E-state index contributed by atoms with van der Waals surface area (Å²) >= 11 is 0. The van der Waals surface area contributed by atoms with E-state index in [-0.39, 0.29) is 114 Å². The van der Waals surface area contributed by atoms with Gasteiger partial charge in [0.2, 0.25) is 0 Å². The maximum absolute atomic E-state index is 9.98. The number of carboxylic acids is 6. The van der Waals surface area contributed by atoms with Crippen LogP contribution in [0.1, 0.15) is 0 Å². The molecule has 0 unspecified atom stereocenters. The first-order chi connectivity index (χ1) is 39.3. The Morgan fingerprint density at radius 3 is 0.438 bits per heavy atom. The van der Waals surface area contributed by atoms with Gasteiger partial charge in [0, 0.05) is 0 Å². The third-order valence-corrected chi connectivity index (χ3v) is 9.86. The van der Waals surface area contributed by atoms with Crippen molar-refractivity contribution in [3.05, 3.63) is 24.3 Å². The van der Waals surface area contributed by atoms with Crippen molar-refractivity contribution in [2.24, 2.45) is 0 Å². The van der Waals surface area contributed by atoms with Gasteiger partial charge in [-0.2, -0.15) is 0 Å². The summed E-state index contributed by atoms with van der Waals surface area (Å²) in [6.07, 6.45) is -48.5. The molecule has 0 saturated heterocycles. The molecule has 0 bridgehead atoms. The standard InChI is InChI=1S/6C6H12O7.C6H6O2.K.Na.Ti/c6*7-1-2(8)3(9)4(10)5(11)6(12)13;7-5-3-1-2-4-6(5)8;;;/h6*2-5,7-11H,1H2,(H,12,13);1-4,7-8H;;;/q;;;;;;;2*+1;+4/p-6/t6*2-,3-,4+,5-;;;;/m111111..../s1. The zero-order valence-corrected chi connectivity index (χ0v) is 52.8. The smallest absolute Gasteiger partial charge is 0.547 e. The Bertz CT molecular complexity index is 1680. The van der Waals surface area contributed by atoms with Crippen molar-refractivity contribution in [2.45, 2.75) is 146 Å². The van der Waals surface area contributed by atoms with Gasteiger partial charge in [-0.25, -0.2) is 0 Å². The van der Waals surface area contributed by atoms with Gasteiger partial charge in [0.25, 0.3) is 0 Å². The molecule has 510 valence electrons. The molecular weight excluding hydrogens is 1320 g/mol. The second-order valence-electron chi connectivity index (χ2n) is 16.5. The summed E-state index contributed by atoms with van der Waals surface area (Å²) in [5.41, 5.74) is 0. The topological polar surface area (TPSA) is 888 Å². The van der Waals surface area contributed by atoms with Crippen LogP contribution in [0.15, 0.2) is 24.3 Å². The van der Waals surface area contributed by atoms with E-state index in [9.17, 15) is 59.4 Å². The molecule has 0 spiro atoms. The third-order valence-electron chi connectivity index (χ3n) is 9.86. The van der Waals surface area contributed by atoms with Crippen LogP contribution in [0.25, 0.3) is 0 Å². The van der Waals surface area contributed by atoms with E-state index in [1.165, 1.54) is 12.1 Å². The van der Waals surface area contributed by atoms with Crippen LogP contribution < -0.4 is 112 Å². The van der Waals surface area contributed by atoms with Gasteiger partial charge in [0.15, 0.2) is 11.5 Å². The molecule has 1 rings (SSSR count). The molecule has 0 heterocycles. The van der Waals surface area contributed by atoms with E-state index in [1.54, 1.807) is 12.1 Å². The van der Waals surface area contributed by atoms with E-state index in [0.717, 1.165) is 0 Å². The second-order valence-corrected chi connectivity index (χ2v) is 16.5. The number of aliphatic carboxylic acids is 6. The van der Waals surface area contributed by atoms with Gasteiger partial charge in [0.05, 0.1) is 75.5 Å². The summed E-state index contributed by atoms with van der Waals surface area (Å²) < 4.78 is 0. The fourth-order valence-corrected chi connectivity index (χ4v) is 4.43. The molecule has 32 N–H and O–H groups in total. The molecule has 1 aromatic carbocycles. The van der Waals surface area contributed by atoms with Crippen LogP contribution in [-0.2, 0) is 50.5 Å². The van der Waals surface area contributed by atoms with Gasteiger partial charge < -0.3 is 223 Å². The van der Waals surface area contributed by atoms with Crippen molar-refractivity contribution in [1.82, 2.24) is 0 Å². The number of carboxylic acid groups (broad SMARTS) is 6. The number of benzene rings is 1. The third kappa shape index (κ3) is 44.2. The van der Waals surface area contributed by atoms with Crippen molar-refractivity contribution in [1.29, 1.82) is 0 Å². The number of aliphatic hydroxyl groups excluding tert-OH is 30. The van der Waals surface area contributed by atoms with Crippen LogP contribution in [-0.4, -0.2) is 385 Å². The first kappa shape index (κ1) is 106. The fraction of sp³-hybridized carbons (Fsp3) is 0.714. The number of carbonyl (C=O) groups excluding carboxylic acids is 6. The molecular formula is C42H72KNaO44Ti. The number of phenolic OH excluding ortho intramolecular Hbond substituents is 2. The molecule has 0 aromatic heterocycles. The van der Waals surface area contributed by atoms with Crippen LogP contribution in [0.3, 0.4) is 0 Å². The Labute approximate surface area is 578 Å². The van der Waals surface area contributed by atoms with E-state index >= 15 is 0 Å². The van der Waals surface area contributed by atoms with E-state index in [2.05, 4.69) is 0 Å². The van der Waals surface area contributed by atoms with Crippen LogP contribution >= 0.6 is 0 Å². The summed E-state index contributed by atoms with van der Waals surface area (Å²) in [5, 5.41) is 338. The number of aliphatic hydroxyl groups is 30. The summed E-state index contributed by atoms with van der Waals surface area (Å²) in [5.74, 6) is -12.0. The summed E-state index contributed by atoms with van der Waals surface area (Å²) in [7, 11) is 0. The Kier molecular flexibility index (Phi) is 67.9. The van der Waals surface area contributed by atoms with Gasteiger partial charge >= 0.3 is 103 Å². The predicted molar refractivity (Wildman–Crippen MR) is 246 cm³/mol. The van der Waals surface area contributed by atoms with Gasteiger partial charge in [-0.3, -0.25) is 0 Å². The number of rotatable bonds is 30. The average Bonchev–Trinajstić information content (AvgIpc) is 3.49. The Balaban J connectivity index is -0.000000120. The number of hydrogen-bond donors (Lipinski definition) is 32. The monoisotopic (exact) mass is 1390 g/mol. The number of phenols is 2. The van der Waals surface area contributed by atoms with Gasteiger partial charge in [-0.15, -0.1) is 0 Å². The van der Waals surface area contributed by atoms with Crippen LogP contribution in [0.2, 0.25) is 0 Å². The quantitative estimate of drug-likeness (QED) is 0.0251. The zero-order valence-electron chi connectivity index (χ0n) is 46.1. The molecule has 89 heavy (non-hydrogen) atoms. The fourth-order valence-electron chi connectivity index (χ4n) is 4.43. The number of aromatic hydroxyl groups is 2. The molecule has 1 aromatic rings. The number of hydrogen-bond acceptors (Lipinski definition) is 44. The molecule has 47 heteroatoms. The van der Waals surface area contributed by atoms with E-state index < -0.39 is 222 Å². The van der Waals surface area contributed by atoms with Crippen LogP contribution in [0, 0.1) is 0 Å². The minimum Gasteiger partial charge on any atom is -0.547 e. The molecule has 0 fully saturated rings. The minimum absolute atomic E-state index is 0. The SMILES string of the molecule is O=C([O-])[C@H](O)[C@@H](O)[C@H](O)[C@H](O)CO.O=C([O-])[C@H](O)[C@@H](O)[C@H](O)[C@H](O)CO.O=C([O-])[C@H](O)[C@@H](O)[C@H](O)[C@H](O)CO.O=C([O-])[C@H](O)[C@@H](O)[C@H](O)[C@H](O)CO.O=C([O-])[C@H](O)[C@@H](O)[C@H](O)[C@H](O)CO.O=C([O-])[C@H](O)[C@@H](O)[C@H](O)[C@H](O)CO.Oc1ccccc1O.[K+].[Na+].[Ti+4]. The second kappa shape index (κ2) is 57.3. The maximum atomic E-state index is 9.98. The largest absolute Gasteiger partial charge is 4.00 e. The van der Waals surface area contributed by atoms with Crippen molar-refractivity contribution < 1.29 is 325 Å². The minimum atomic E-state index is -2.31.